The maximum absolute atomic E-state index is 11.1. The molecule has 0 N–H and O–H groups in total. The van der Waals surface area contributed by atoms with Crippen molar-refractivity contribution in [1.82, 2.24) is 14.9 Å². The van der Waals surface area contributed by atoms with Crippen molar-refractivity contribution in [2.24, 2.45) is 0 Å². The summed E-state index contributed by atoms with van der Waals surface area (Å²) in [5, 5.41) is 11.0. The number of nitro groups is 1. The fourth-order valence-corrected chi connectivity index (χ4v) is 2.51. The maximum atomic E-state index is 11.1. The number of nitrogens with zero attached hydrogens (tertiary/aromatic N) is 5. The lowest BCUT2D eigenvalue weighted by Crippen LogP contribution is -2.51. The van der Waals surface area contributed by atoms with Crippen molar-refractivity contribution in [2.75, 3.05) is 31.6 Å². The van der Waals surface area contributed by atoms with Gasteiger partial charge in [-0.25, -0.2) is 9.97 Å². The first kappa shape index (κ1) is 14.0. The predicted molar refractivity (Wildman–Crippen MR) is 72.6 cm³/mol. The summed E-state index contributed by atoms with van der Waals surface area (Å²) in [4.78, 5) is 22.5. The number of halogens is 1. The third-order valence-electron chi connectivity index (χ3n) is 3.49. The maximum Gasteiger partial charge on any atom is 0.348 e. The summed E-state index contributed by atoms with van der Waals surface area (Å²) in [5.41, 5.74) is -0.205. The average Bonchev–Trinajstić information content (AvgIpc) is 2.38. The summed E-state index contributed by atoms with van der Waals surface area (Å²) in [6.45, 7) is 4.35. The molecule has 2 heterocycles. The zero-order valence-electron chi connectivity index (χ0n) is 10.9. The lowest BCUT2D eigenvalue weighted by Gasteiger charge is -2.39. The largest absolute Gasteiger partial charge is 0.348 e. The molecular weight excluding hydrogens is 270 g/mol. The lowest BCUT2D eigenvalue weighted by molar-refractivity contribution is -0.384. The average molecular weight is 286 g/mol. The summed E-state index contributed by atoms with van der Waals surface area (Å²) in [6, 6.07) is 0.363. The summed E-state index contributed by atoms with van der Waals surface area (Å²) in [6.07, 6.45) is 2.25. The molecule has 0 aliphatic carbocycles. The Hall–Kier alpha value is -1.47. The van der Waals surface area contributed by atoms with Crippen LogP contribution in [0.3, 0.4) is 0 Å². The van der Waals surface area contributed by atoms with Crippen LogP contribution >= 0.6 is 11.6 Å². The molecule has 1 atom stereocenters. The van der Waals surface area contributed by atoms with E-state index in [0.717, 1.165) is 13.0 Å². The number of aromatic nitrogens is 2. The van der Waals surface area contributed by atoms with Gasteiger partial charge in [0.15, 0.2) is 0 Å². The first-order valence-electron chi connectivity index (χ1n) is 6.14. The number of likely N-dealkylation sites (N-methyl/N-ethyl adjacent to an activating group) is 1. The molecule has 104 valence electrons. The van der Waals surface area contributed by atoms with Crippen LogP contribution in [0.15, 0.2) is 6.33 Å². The molecule has 1 aliphatic heterocycles. The Bertz CT molecular complexity index is 484. The summed E-state index contributed by atoms with van der Waals surface area (Å²) >= 11 is 5.81. The van der Waals surface area contributed by atoms with Gasteiger partial charge in [0.05, 0.1) is 4.92 Å². The highest BCUT2D eigenvalue weighted by atomic mass is 35.5. The molecule has 1 aromatic heterocycles. The van der Waals surface area contributed by atoms with Gasteiger partial charge < -0.3 is 4.90 Å². The van der Waals surface area contributed by atoms with E-state index in [9.17, 15) is 10.1 Å². The molecule has 1 aromatic rings. The van der Waals surface area contributed by atoms with E-state index in [-0.39, 0.29) is 10.8 Å². The third-order valence-corrected chi connectivity index (χ3v) is 3.77. The van der Waals surface area contributed by atoms with E-state index in [4.69, 9.17) is 11.6 Å². The number of piperazine rings is 1. The van der Waals surface area contributed by atoms with E-state index in [0.29, 0.717) is 24.9 Å². The Morgan fingerprint density at radius 3 is 2.89 bits per heavy atom. The first-order valence-corrected chi connectivity index (χ1v) is 6.52. The van der Waals surface area contributed by atoms with Crippen LogP contribution in [-0.2, 0) is 0 Å². The third kappa shape index (κ3) is 2.76. The van der Waals surface area contributed by atoms with Gasteiger partial charge in [-0.3, -0.25) is 15.0 Å². The van der Waals surface area contributed by atoms with Crippen molar-refractivity contribution in [1.29, 1.82) is 0 Å². The van der Waals surface area contributed by atoms with Gasteiger partial charge >= 0.3 is 5.69 Å². The highest BCUT2D eigenvalue weighted by molar-refractivity contribution is 6.31. The predicted octanol–water partition coefficient (Wildman–Crippen LogP) is 1.57. The smallest absolute Gasteiger partial charge is 0.348 e. The monoisotopic (exact) mass is 285 g/mol. The van der Waals surface area contributed by atoms with Crippen molar-refractivity contribution < 1.29 is 4.92 Å². The fourth-order valence-electron chi connectivity index (χ4n) is 2.32. The second-order valence-electron chi connectivity index (χ2n) is 4.58. The summed E-state index contributed by atoms with van der Waals surface area (Å²) in [7, 11) is 2.06. The van der Waals surface area contributed by atoms with Gasteiger partial charge in [-0.1, -0.05) is 18.5 Å². The minimum absolute atomic E-state index is 0.109. The van der Waals surface area contributed by atoms with Gasteiger partial charge in [0.2, 0.25) is 11.0 Å². The van der Waals surface area contributed by atoms with Crippen LogP contribution in [0.4, 0.5) is 11.5 Å². The van der Waals surface area contributed by atoms with Gasteiger partial charge in [-0.2, -0.15) is 0 Å². The molecule has 2 rings (SSSR count). The van der Waals surface area contributed by atoms with Crippen LogP contribution in [0.2, 0.25) is 5.15 Å². The van der Waals surface area contributed by atoms with E-state index >= 15 is 0 Å². The van der Waals surface area contributed by atoms with Crippen LogP contribution in [0.1, 0.15) is 13.3 Å². The SMILES string of the molecule is CCC1CN(c2ncnc(Cl)c2[N+](=O)[O-])CCN1C. The normalized spacial score (nSPS) is 20.6. The number of rotatable bonds is 3. The first-order chi connectivity index (χ1) is 9.04. The zero-order valence-corrected chi connectivity index (χ0v) is 11.7. The van der Waals surface area contributed by atoms with Gasteiger partial charge in [-0.15, -0.1) is 0 Å². The number of anilines is 1. The Balaban J connectivity index is 2.32. The molecule has 0 saturated carbocycles. The Morgan fingerprint density at radius 2 is 2.26 bits per heavy atom. The zero-order chi connectivity index (χ0) is 14.0. The van der Waals surface area contributed by atoms with E-state index in [1.807, 2.05) is 4.90 Å². The second-order valence-corrected chi connectivity index (χ2v) is 4.94. The molecule has 1 unspecified atom stereocenters. The van der Waals surface area contributed by atoms with Gasteiger partial charge in [0.1, 0.15) is 6.33 Å². The standard InChI is InChI=1S/C11H16ClN5O2/c1-3-8-6-16(5-4-15(8)2)11-9(17(18)19)10(12)13-7-14-11/h7-8H,3-6H2,1-2H3. The van der Waals surface area contributed by atoms with E-state index in [1.165, 1.54) is 6.33 Å². The van der Waals surface area contributed by atoms with E-state index in [1.54, 1.807) is 0 Å². The van der Waals surface area contributed by atoms with Crippen molar-refractivity contribution in [3.05, 3.63) is 21.6 Å². The minimum atomic E-state index is -0.517. The molecular formula is C11H16ClN5O2. The molecule has 1 saturated heterocycles. The number of hydrogen-bond acceptors (Lipinski definition) is 6. The summed E-state index contributed by atoms with van der Waals surface area (Å²) in [5.74, 6) is 0.316. The highest BCUT2D eigenvalue weighted by Gasteiger charge is 2.30. The molecule has 1 aliphatic rings. The lowest BCUT2D eigenvalue weighted by atomic mass is 10.1. The van der Waals surface area contributed by atoms with Crippen molar-refractivity contribution in [3.8, 4) is 0 Å². The number of hydrogen-bond donors (Lipinski definition) is 0. The van der Waals surface area contributed by atoms with Crippen LogP contribution in [0, 0.1) is 10.1 Å². The molecule has 0 spiro atoms. The fraction of sp³-hybridized carbons (Fsp3) is 0.636. The van der Waals surface area contributed by atoms with Crippen LogP contribution in [0.25, 0.3) is 0 Å². The summed E-state index contributed by atoms with van der Waals surface area (Å²) < 4.78 is 0. The molecule has 8 heteroatoms. The van der Waals surface area contributed by atoms with Gasteiger partial charge in [0.25, 0.3) is 0 Å². The van der Waals surface area contributed by atoms with Crippen molar-refractivity contribution in [3.63, 3.8) is 0 Å². The Labute approximate surface area is 116 Å². The molecule has 0 bridgehead atoms. The van der Waals surface area contributed by atoms with Crippen molar-refractivity contribution in [2.45, 2.75) is 19.4 Å². The second kappa shape index (κ2) is 5.66. The molecule has 0 amide bonds. The molecule has 0 radical (unpaired) electrons. The quantitative estimate of drug-likeness (QED) is 0.477. The van der Waals surface area contributed by atoms with Crippen LogP contribution in [0.5, 0.6) is 0 Å². The van der Waals surface area contributed by atoms with Gasteiger partial charge in [0, 0.05) is 25.7 Å². The molecule has 7 nitrogen and oxygen atoms in total. The van der Waals surface area contributed by atoms with E-state index in [2.05, 4.69) is 28.8 Å². The molecule has 0 aromatic carbocycles. The molecule has 19 heavy (non-hydrogen) atoms. The van der Waals surface area contributed by atoms with Gasteiger partial charge in [-0.05, 0) is 13.5 Å². The Morgan fingerprint density at radius 1 is 1.53 bits per heavy atom. The minimum Gasteiger partial charge on any atom is -0.348 e. The van der Waals surface area contributed by atoms with E-state index < -0.39 is 4.92 Å². The van der Waals surface area contributed by atoms with Crippen LogP contribution < -0.4 is 4.90 Å². The van der Waals surface area contributed by atoms with Crippen molar-refractivity contribution >= 4 is 23.1 Å². The van der Waals surface area contributed by atoms with Crippen LogP contribution in [-0.4, -0.2) is 52.5 Å². The highest BCUT2D eigenvalue weighted by Crippen LogP contribution is 2.32. The topological polar surface area (TPSA) is 75.4 Å². The molecule has 1 fully saturated rings. The Kier molecular flexibility index (Phi) is 4.16.